The highest BCUT2D eigenvalue weighted by molar-refractivity contribution is 6.07. The standard InChI is InChI=1S/C25H19N5O2/c1-15-10-12-16(13-11-15)22-14-19(17-6-2-4-8-20(17)26-22)24(32)29-30-25-27-21-9-5-3-7-18(21)23(31)28-25/h2-14H,1H3,(H,29,32)(H2,27,28,30,31). The van der Waals surface area contributed by atoms with Crippen LogP contribution in [-0.2, 0) is 0 Å². The average molecular weight is 421 g/mol. The number of aromatic nitrogens is 3. The van der Waals surface area contributed by atoms with E-state index < -0.39 is 0 Å². The van der Waals surface area contributed by atoms with E-state index >= 15 is 0 Å². The minimum absolute atomic E-state index is 0.152. The topological polar surface area (TPSA) is 99.8 Å². The van der Waals surface area contributed by atoms with Gasteiger partial charge in [-0.3, -0.25) is 25.4 Å². The molecule has 0 saturated heterocycles. The van der Waals surface area contributed by atoms with Crippen molar-refractivity contribution < 1.29 is 4.79 Å². The summed E-state index contributed by atoms with van der Waals surface area (Å²) in [5.41, 5.74) is 9.54. The molecule has 0 aliphatic rings. The molecular formula is C25H19N5O2. The normalized spacial score (nSPS) is 10.9. The molecule has 5 aromatic rings. The van der Waals surface area contributed by atoms with Crippen LogP contribution in [0.25, 0.3) is 33.1 Å². The number of pyridine rings is 1. The smallest absolute Gasteiger partial charge is 0.270 e. The SMILES string of the molecule is Cc1ccc(-c2cc(C(=O)NNc3nc4ccccc4c(=O)[nH]3)c3ccccc3n2)cc1. The van der Waals surface area contributed by atoms with Gasteiger partial charge in [0, 0.05) is 10.9 Å². The molecule has 0 bridgehead atoms. The summed E-state index contributed by atoms with van der Waals surface area (Å²) in [6, 6.07) is 24.2. The Bertz CT molecular complexity index is 1520. The zero-order valence-corrected chi connectivity index (χ0v) is 17.2. The van der Waals surface area contributed by atoms with Crippen molar-refractivity contribution in [3.05, 3.63) is 100 Å². The van der Waals surface area contributed by atoms with Gasteiger partial charge in [-0.15, -0.1) is 0 Å². The quantitative estimate of drug-likeness (QED) is 0.378. The van der Waals surface area contributed by atoms with Crippen molar-refractivity contribution in [2.45, 2.75) is 6.92 Å². The highest BCUT2D eigenvalue weighted by Gasteiger charge is 2.14. The minimum atomic E-state index is -0.368. The molecular weight excluding hydrogens is 402 g/mol. The molecule has 0 radical (unpaired) electrons. The van der Waals surface area contributed by atoms with E-state index in [9.17, 15) is 9.59 Å². The monoisotopic (exact) mass is 421 g/mol. The van der Waals surface area contributed by atoms with Gasteiger partial charge in [0.05, 0.1) is 27.7 Å². The first-order valence-electron chi connectivity index (χ1n) is 10.1. The number of hydrogen-bond donors (Lipinski definition) is 3. The third kappa shape index (κ3) is 3.67. The first kappa shape index (κ1) is 19.4. The Morgan fingerprint density at radius 1 is 0.844 bits per heavy atom. The number of H-pyrrole nitrogens is 1. The summed E-state index contributed by atoms with van der Waals surface area (Å²) in [7, 11) is 0. The van der Waals surface area contributed by atoms with Crippen LogP contribution in [0.3, 0.4) is 0 Å². The fraction of sp³-hybridized carbons (Fsp3) is 0.0400. The number of anilines is 1. The van der Waals surface area contributed by atoms with E-state index in [0.717, 1.165) is 16.5 Å². The van der Waals surface area contributed by atoms with Gasteiger partial charge in [-0.25, -0.2) is 9.97 Å². The molecule has 5 rings (SSSR count). The number of nitrogens with one attached hydrogen (secondary N) is 3. The number of rotatable bonds is 4. The maximum absolute atomic E-state index is 13.1. The van der Waals surface area contributed by atoms with Gasteiger partial charge in [0.2, 0.25) is 5.95 Å². The number of aryl methyl sites for hydroxylation is 1. The number of hydrogen-bond acceptors (Lipinski definition) is 5. The van der Waals surface area contributed by atoms with Crippen LogP contribution in [0, 0.1) is 6.92 Å². The molecule has 0 aliphatic carbocycles. The Labute approximate surface area is 183 Å². The zero-order chi connectivity index (χ0) is 22.1. The Kier molecular flexibility index (Phi) is 4.84. The Morgan fingerprint density at radius 2 is 1.50 bits per heavy atom. The number of carbonyl (C=O) groups is 1. The fourth-order valence-electron chi connectivity index (χ4n) is 3.56. The molecule has 156 valence electrons. The van der Waals surface area contributed by atoms with Gasteiger partial charge in [-0.05, 0) is 31.2 Å². The summed E-state index contributed by atoms with van der Waals surface area (Å²) < 4.78 is 0. The molecule has 7 heteroatoms. The average Bonchev–Trinajstić information content (AvgIpc) is 2.82. The predicted octanol–water partition coefficient (Wildman–Crippen LogP) is 4.20. The lowest BCUT2D eigenvalue weighted by atomic mass is 10.0. The number of carbonyl (C=O) groups excluding carboxylic acids is 1. The lowest BCUT2D eigenvalue weighted by Crippen LogP contribution is -2.31. The highest BCUT2D eigenvalue weighted by Crippen LogP contribution is 2.25. The molecule has 3 aromatic carbocycles. The molecule has 32 heavy (non-hydrogen) atoms. The molecule has 0 spiro atoms. The van der Waals surface area contributed by atoms with Crippen LogP contribution in [-0.4, -0.2) is 20.9 Å². The molecule has 0 aliphatic heterocycles. The molecule has 3 N–H and O–H groups in total. The Balaban J connectivity index is 1.49. The second kappa shape index (κ2) is 7.96. The maximum Gasteiger partial charge on any atom is 0.270 e. The number of aromatic amines is 1. The van der Waals surface area contributed by atoms with Crippen molar-refractivity contribution in [3.63, 3.8) is 0 Å². The summed E-state index contributed by atoms with van der Waals surface area (Å²) in [5, 5.41) is 1.20. The summed E-state index contributed by atoms with van der Waals surface area (Å²) in [5.74, 6) is -0.216. The van der Waals surface area contributed by atoms with Crippen molar-refractivity contribution >= 4 is 33.7 Å². The van der Waals surface area contributed by atoms with Gasteiger partial charge in [-0.2, -0.15) is 0 Å². The van der Waals surface area contributed by atoms with Crippen molar-refractivity contribution in [1.82, 2.24) is 20.4 Å². The van der Waals surface area contributed by atoms with E-state index in [2.05, 4.69) is 20.8 Å². The number of para-hydroxylation sites is 2. The second-order valence-corrected chi connectivity index (χ2v) is 7.45. The predicted molar refractivity (Wildman–Crippen MR) is 125 cm³/mol. The molecule has 2 aromatic heterocycles. The van der Waals surface area contributed by atoms with E-state index in [1.54, 1.807) is 30.3 Å². The minimum Gasteiger partial charge on any atom is -0.291 e. The molecule has 0 unspecified atom stereocenters. The summed E-state index contributed by atoms with van der Waals surface area (Å²) in [6.45, 7) is 2.02. The van der Waals surface area contributed by atoms with Crippen LogP contribution >= 0.6 is 0 Å². The molecule has 0 saturated carbocycles. The third-order valence-corrected chi connectivity index (χ3v) is 5.22. The fourth-order valence-corrected chi connectivity index (χ4v) is 3.56. The van der Waals surface area contributed by atoms with E-state index in [-0.39, 0.29) is 17.4 Å². The van der Waals surface area contributed by atoms with Gasteiger partial charge in [0.15, 0.2) is 0 Å². The Hall–Kier alpha value is -4.52. The summed E-state index contributed by atoms with van der Waals surface area (Å²) in [4.78, 5) is 37.1. The highest BCUT2D eigenvalue weighted by atomic mass is 16.2. The van der Waals surface area contributed by atoms with Gasteiger partial charge < -0.3 is 0 Å². The lowest BCUT2D eigenvalue weighted by Gasteiger charge is -2.12. The van der Waals surface area contributed by atoms with Gasteiger partial charge in [0.1, 0.15) is 0 Å². The number of hydrazine groups is 1. The third-order valence-electron chi connectivity index (χ3n) is 5.22. The number of fused-ring (bicyclic) bond motifs is 2. The van der Waals surface area contributed by atoms with Crippen molar-refractivity contribution in [3.8, 4) is 11.3 Å². The van der Waals surface area contributed by atoms with Crippen molar-refractivity contribution in [2.24, 2.45) is 0 Å². The number of amides is 1. The van der Waals surface area contributed by atoms with Crippen LogP contribution in [0.4, 0.5) is 5.95 Å². The lowest BCUT2D eigenvalue weighted by molar-refractivity contribution is 0.0964. The van der Waals surface area contributed by atoms with E-state index in [1.807, 2.05) is 55.5 Å². The maximum atomic E-state index is 13.1. The number of nitrogens with zero attached hydrogens (tertiary/aromatic N) is 2. The molecule has 2 heterocycles. The Morgan fingerprint density at radius 3 is 2.25 bits per heavy atom. The zero-order valence-electron chi connectivity index (χ0n) is 17.2. The van der Waals surface area contributed by atoms with Crippen molar-refractivity contribution in [1.29, 1.82) is 0 Å². The van der Waals surface area contributed by atoms with Crippen LogP contribution in [0.5, 0.6) is 0 Å². The van der Waals surface area contributed by atoms with Gasteiger partial charge in [-0.1, -0.05) is 60.2 Å². The molecule has 0 fully saturated rings. The molecule has 1 amide bonds. The van der Waals surface area contributed by atoms with Crippen LogP contribution in [0.15, 0.2) is 83.7 Å². The second-order valence-electron chi connectivity index (χ2n) is 7.45. The van der Waals surface area contributed by atoms with Crippen LogP contribution in [0.1, 0.15) is 15.9 Å². The largest absolute Gasteiger partial charge is 0.291 e. The summed E-state index contributed by atoms with van der Waals surface area (Å²) in [6.07, 6.45) is 0. The molecule has 0 atom stereocenters. The van der Waals surface area contributed by atoms with Gasteiger partial charge >= 0.3 is 0 Å². The van der Waals surface area contributed by atoms with Gasteiger partial charge in [0.25, 0.3) is 11.5 Å². The van der Waals surface area contributed by atoms with E-state index in [1.165, 1.54) is 0 Å². The first-order chi connectivity index (χ1) is 15.6. The van der Waals surface area contributed by atoms with E-state index in [0.29, 0.717) is 27.7 Å². The summed E-state index contributed by atoms with van der Waals surface area (Å²) >= 11 is 0. The van der Waals surface area contributed by atoms with Crippen LogP contribution in [0.2, 0.25) is 0 Å². The van der Waals surface area contributed by atoms with Crippen molar-refractivity contribution in [2.75, 3.05) is 5.43 Å². The number of benzene rings is 3. The molecule has 7 nitrogen and oxygen atoms in total. The first-order valence-corrected chi connectivity index (χ1v) is 10.1. The van der Waals surface area contributed by atoms with Crippen LogP contribution < -0.4 is 16.4 Å². The van der Waals surface area contributed by atoms with E-state index in [4.69, 9.17) is 4.98 Å².